The molecule has 5 aromatic carbocycles. The number of hydrogen-bond donors (Lipinski definition) is 0. The van der Waals surface area contributed by atoms with Crippen LogP contribution >= 0.6 is 0 Å². The van der Waals surface area contributed by atoms with Crippen LogP contribution in [0.4, 0.5) is 65.9 Å². The molecule has 262 valence electrons. The van der Waals surface area contributed by atoms with Crippen molar-refractivity contribution in [3.63, 3.8) is 0 Å². The second-order valence-electron chi connectivity index (χ2n) is 9.02. The Morgan fingerprint density at radius 3 is 0.720 bits per heavy atom. The number of halogens is 16. The molecule has 0 aliphatic rings. The van der Waals surface area contributed by atoms with E-state index in [-0.39, 0.29) is 21.2 Å². The molecule has 20 heteroatoms. The highest BCUT2D eigenvalue weighted by atomic mass is 127. The second-order valence-corrected chi connectivity index (χ2v) is 12.1. The van der Waals surface area contributed by atoms with Crippen molar-refractivity contribution in [1.29, 1.82) is 0 Å². The maximum Gasteiger partial charge on any atom is 0.864 e. The Hall–Kier alpha value is -4.76. The molecular formula is C30H10BF15IO3+. The van der Waals surface area contributed by atoms with Crippen molar-refractivity contribution in [2.75, 3.05) is 0 Å². The van der Waals surface area contributed by atoms with E-state index in [4.69, 9.17) is 0 Å². The highest BCUT2D eigenvalue weighted by Crippen LogP contribution is 2.35. The largest absolute Gasteiger partial charge is 0.864 e. The Labute approximate surface area is 280 Å². The molecule has 0 heterocycles. The normalized spacial score (nSPS) is 10.8. The van der Waals surface area contributed by atoms with Crippen molar-refractivity contribution in [2.45, 2.75) is 0 Å². The van der Waals surface area contributed by atoms with E-state index in [1.165, 1.54) is 7.14 Å². The SMILES string of the molecule is Fc1c(F)c(F)c(OB(Oc2c(F)c(F)c(F)c(F)c2F)Oc2c(F)c(F)c(F)c(F)c2F)c(F)c1F.c1ccc([I+]c2ccccc2)cc1. The third-order valence-corrected chi connectivity index (χ3v) is 8.52. The lowest BCUT2D eigenvalue weighted by Crippen LogP contribution is -3.61. The minimum Gasteiger partial charge on any atom is -0.484 e. The molecule has 0 fully saturated rings. The summed E-state index contributed by atoms with van der Waals surface area (Å²) in [5.74, 6) is -50.0. The van der Waals surface area contributed by atoms with Gasteiger partial charge in [-0.25, -0.2) is 39.5 Å². The van der Waals surface area contributed by atoms with Gasteiger partial charge in [-0.1, -0.05) is 36.4 Å². The third-order valence-electron chi connectivity index (χ3n) is 5.84. The van der Waals surface area contributed by atoms with Crippen LogP contribution < -0.4 is 35.2 Å². The lowest BCUT2D eigenvalue weighted by atomic mass is 10.1. The fraction of sp³-hybridized carbons (Fsp3) is 0. The van der Waals surface area contributed by atoms with Crippen LogP contribution in [0.25, 0.3) is 0 Å². The van der Waals surface area contributed by atoms with Crippen LogP contribution in [-0.2, 0) is 0 Å². The Morgan fingerprint density at radius 1 is 0.300 bits per heavy atom. The summed E-state index contributed by atoms with van der Waals surface area (Å²) in [4.78, 5) is 0. The van der Waals surface area contributed by atoms with Crippen molar-refractivity contribution in [1.82, 2.24) is 0 Å². The zero-order valence-electron chi connectivity index (χ0n) is 23.6. The van der Waals surface area contributed by atoms with E-state index in [0.717, 1.165) is 0 Å². The van der Waals surface area contributed by atoms with Gasteiger partial charge in [0.2, 0.25) is 87.3 Å². The number of benzene rings is 5. The number of rotatable bonds is 8. The maximum atomic E-state index is 13.9. The van der Waals surface area contributed by atoms with Crippen LogP contribution in [0.2, 0.25) is 0 Å². The van der Waals surface area contributed by atoms with Crippen LogP contribution in [0.3, 0.4) is 0 Å². The van der Waals surface area contributed by atoms with E-state index in [0.29, 0.717) is 0 Å². The summed E-state index contributed by atoms with van der Waals surface area (Å²) in [6, 6.07) is 21.4. The van der Waals surface area contributed by atoms with Crippen molar-refractivity contribution < 1.29 is 101 Å². The van der Waals surface area contributed by atoms with Gasteiger partial charge >= 0.3 is 28.5 Å². The molecule has 0 atom stereocenters. The molecule has 0 amide bonds. The Bertz CT molecular complexity index is 1740. The van der Waals surface area contributed by atoms with Gasteiger partial charge in [0.1, 0.15) is 0 Å². The van der Waals surface area contributed by atoms with E-state index >= 15 is 0 Å². The van der Waals surface area contributed by atoms with E-state index in [1.54, 1.807) is 0 Å². The molecule has 0 aliphatic heterocycles. The summed E-state index contributed by atoms with van der Waals surface area (Å²) in [5, 5.41) is 0. The average Bonchev–Trinajstić information content (AvgIpc) is 3.12. The highest BCUT2D eigenvalue weighted by Gasteiger charge is 2.42. The molecule has 0 N–H and O–H groups in total. The van der Waals surface area contributed by atoms with Crippen molar-refractivity contribution in [3.8, 4) is 17.2 Å². The molecule has 0 radical (unpaired) electrons. The molecule has 3 nitrogen and oxygen atoms in total. The van der Waals surface area contributed by atoms with E-state index < -0.39 is 112 Å². The molecule has 0 aliphatic carbocycles. The molecule has 5 aromatic rings. The molecule has 0 spiro atoms. The lowest BCUT2D eigenvalue weighted by Gasteiger charge is -2.19. The summed E-state index contributed by atoms with van der Waals surface area (Å²) >= 11 is 0.0287. The standard InChI is InChI=1S/C18BF15O3.C12H10I/c20-1-4(23)10(29)16(11(30)5(1)24)35-19(36-17-12(31)6(25)2(21)7(26)13(17)32)37-18-14(33)8(27)3(22)9(28)15(18)34;1-3-7-11(8-4-1)13-12-9-5-2-6-10-12/h;1-10H/q;+1. The average molecular weight is 841 g/mol. The summed E-state index contributed by atoms with van der Waals surface area (Å²) in [6.45, 7) is 0. The smallest absolute Gasteiger partial charge is 0.484 e. The molecule has 0 saturated carbocycles. The summed E-state index contributed by atoms with van der Waals surface area (Å²) in [5.41, 5.74) is 0. The van der Waals surface area contributed by atoms with Gasteiger partial charge in [-0.15, -0.1) is 0 Å². The second kappa shape index (κ2) is 15.9. The first-order chi connectivity index (χ1) is 23.6. The van der Waals surface area contributed by atoms with Crippen LogP contribution in [0, 0.1) is 94.4 Å². The predicted octanol–water partition coefficient (Wildman–Crippen LogP) is 6.11. The van der Waals surface area contributed by atoms with Crippen LogP contribution in [0.5, 0.6) is 17.2 Å². The monoisotopic (exact) mass is 841 g/mol. The quantitative estimate of drug-likeness (QED) is 0.0622. The summed E-state index contributed by atoms with van der Waals surface area (Å²) in [7, 11) is -3.75. The van der Waals surface area contributed by atoms with Gasteiger partial charge in [-0.2, -0.15) is 26.3 Å². The van der Waals surface area contributed by atoms with Gasteiger partial charge in [-0.3, -0.25) is 0 Å². The fourth-order valence-corrected chi connectivity index (χ4v) is 5.78. The third kappa shape index (κ3) is 7.84. The van der Waals surface area contributed by atoms with Gasteiger partial charge < -0.3 is 14.0 Å². The molecule has 0 aromatic heterocycles. The molecule has 0 unspecified atom stereocenters. The molecule has 0 bridgehead atoms. The summed E-state index contributed by atoms with van der Waals surface area (Å²) < 4.78 is 219. The highest BCUT2D eigenvalue weighted by molar-refractivity contribution is 6.39. The first-order valence-electron chi connectivity index (χ1n) is 12.9. The predicted molar refractivity (Wildman–Crippen MR) is 137 cm³/mol. The first kappa shape index (κ1) is 38.1. The Morgan fingerprint density at radius 2 is 0.500 bits per heavy atom. The maximum absolute atomic E-state index is 13.9. The zero-order valence-corrected chi connectivity index (χ0v) is 25.8. The van der Waals surface area contributed by atoms with E-state index in [2.05, 4.69) is 74.6 Å². The van der Waals surface area contributed by atoms with Crippen LogP contribution in [0.1, 0.15) is 0 Å². The van der Waals surface area contributed by atoms with Gasteiger partial charge in [0.05, 0.1) is 0 Å². The number of hydrogen-bond acceptors (Lipinski definition) is 3. The topological polar surface area (TPSA) is 27.7 Å². The Balaban J connectivity index is 0.000000358. The molecule has 5 rings (SSSR count). The van der Waals surface area contributed by atoms with Crippen LogP contribution in [0.15, 0.2) is 60.7 Å². The summed E-state index contributed by atoms with van der Waals surface area (Å²) in [6.07, 6.45) is 0. The van der Waals surface area contributed by atoms with E-state index in [1.807, 2.05) is 0 Å². The van der Waals surface area contributed by atoms with Gasteiger partial charge in [0.25, 0.3) is 0 Å². The van der Waals surface area contributed by atoms with Crippen LogP contribution in [-0.4, -0.2) is 7.32 Å². The Kier molecular flexibility index (Phi) is 12.1. The lowest BCUT2D eigenvalue weighted by molar-refractivity contribution is -0.597. The van der Waals surface area contributed by atoms with Gasteiger partial charge in [-0.05, 0) is 24.3 Å². The van der Waals surface area contributed by atoms with Crippen molar-refractivity contribution in [3.05, 3.63) is 155 Å². The van der Waals surface area contributed by atoms with Crippen molar-refractivity contribution in [2.24, 2.45) is 0 Å². The minimum atomic E-state index is -3.75. The van der Waals surface area contributed by atoms with E-state index in [9.17, 15) is 65.9 Å². The minimum absolute atomic E-state index is 0.0287. The molecular weight excluding hydrogens is 831 g/mol. The van der Waals surface area contributed by atoms with Gasteiger partial charge in [0.15, 0.2) is 24.4 Å². The van der Waals surface area contributed by atoms with Gasteiger partial charge in [0, 0.05) is 0 Å². The molecule has 50 heavy (non-hydrogen) atoms. The fourth-order valence-electron chi connectivity index (χ4n) is 3.51. The first-order valence-corrected chi connectivity index (χ1v) is 15.0. The molecule has 0 saturated heterocycles. The van der Waals surface area contributed by atoms with Crippen molar-refractivity contribution >= 4 is 7.32 Å². The zero-order chi connectivity index (χ0) is 37.0.